The molecule has 8 atom stereocenters. The lowest BCUT2D eigenvalue weighted by atomic mass is 9.83. The first-order valence-corrected chi connectivity index (χ1v) is 28.6. The maximum atomic E-state index is 15.0. The molecule has 0 aromatic heterocycles. The van der Waals surface area contributed by atoms with E-state index >= 15 is 0 Å². The average molecular weight is 1040 g/mol. The fraction of sp³-hybridized carbons (Fsp3) is 0.475. The van der Waals surface area contributed by atoms with Gasteiger partial charge in [0.2, 0.25) is 0 Å². The molecule has 1 N–H and O–H groups in total. The van der Waals surface area contributed by atoms with Gasteiger partial charge in [0.05, 0.1) is 39.2 Å². The number of benzene rings is 5. The minimum absolute atomic E-state index is 0.0963. The second kappa shape index (κ2) is 33.1. The summed E-state index contributed by atoms with van der Waals surface area (Å²) in [6, 6.07) is 48.6. The molecule has 0 radical (unpaired) electrons. The van der Waals surface area contributed by atoms with Crippen LogP contribution in [0.4, 0.5) is 0 Å². The highest BCUT2D eigenvalue weighted by Gasteiger charge is 2.56. The Bertz CT molecular complexity index is 2230. The maximum absolute atomic E-state index is 15.0. The molecule has 12 nitrogen and oxygen atoms in total. The molecule has 5 aromatic carbocycles. The van der Waals surface area contributed by atoms with Gasteiger partial charge in [-0.25, -0.2) is 0 Å². The zero-order chi connectivity index (χ0) is 52.1. The molecule has 13 heteroatoms. The van der Waals surface area contributed by atoms with E-state index in [-0.39, 0.29) is 58.9 Å². The van der Waals surface area contributed by atoms with Crippen molar-refractivity contribution in [2.45, 2.75) is 173 Å². The molecule has 1 aliphatic rings. The first kappa shape index (κ1) is 58.3. The van der Waals surface area contributed by atoms with Crippen LogP contribution in [0.15, 0.2) is 152 Å². The van der Waals surface area contributed by atoms with Crippen molar-refractivity contribution in [2.24, 2.45) is 0 Å². The summed E-state index contributed by atoms with van der Waals surface area (Å²) in [5, 5.41) is 0. The Balaban J connectivity index is 1.36. The highest BCUT2D eigenvalue weighted by molar-refractivity contribution is 7.52. The van der Waals surface area contributed by atoms with Crippen molar-refractivity contribution in [3.05, 3.63) is 179 Å². The topological polar surface area (TPSA) is 145 Å². The third-order valence-electron chi connectivity index (χ3n) is 13.1. The minimum atomic E-state index is -4.67. The molecule has 0 aliphatic heterocycles. The normalized spacial score (nSPS) is 19.8. The summed E-state index contributed by atoms with van der Waals surface area (Å²) >= 11 is 0. The molecule has 0 amide bonds. The summed E-state index contributed by atoms with van der Waals surface area (Å²) in [6.45, 7) is 4.69. The van der Waals surface area contributed by atoms with Crippen LogP contribution in [0.2, 0.25) is 0 Å². The van der Waals surface area contributed by atoms with Crippen LogP contribution in [-0.4, -0.2) is 72.3 Å². The lowest BCUT2D eigenvalue weighted by Crippen LogP contribution is -2.67. The third-order valence-corrected chi connectivity index (χ3v) is 14.5. The van der Waals surface area contributed by atoms with E-state index in [1.54, 1.807) is 0 Å². The number of ether oxygens (including phenoxy) is 7. The number of esters is 2. The molecule has 1 aliphatic carbocycles. The molecule has 1 saturated carbocycles. The van der Waals surface area contributed by atoms with E-state index in [9.17, 15) is 19.0 Å². The summed E-state index contributed by atoms with van der Waals surface area (Å²) in [7, 11) is -4.67. The van der Waals surface area contributed by atoms with Crippen molar-refractivity contribution in [1.29, 1.82) is 0 Å². The lowest BCUT2D eigenvalue weighted by molar-refractivity contribution is -0.279. The molecule has 0 spiro atoms. The Morgan fingerprint density at radius 1 is 0.446 bits per heavy atom. The lowest BCUT2D eigenvalue weighted by Gasteiger charge is -2.50. The van der Waals surface area contributed by atoms with E-state index in [0.29, 0.717) is 12.8 Å². The van der Waals surface area contributed by atoms with Crippen molar-refractivity contribution in [1.82, 2.24) is 0 Å². The van der Waals surface area contributed by atoms with Crippen molar-refractivity contribution in [3.63, 3.8) is 0 Å². The van der Waals surface area contributed by atoms with Gasteiger partial charge in [-0.1, -0.05) is 217 Å². The largest absolute Gasteiger partial charge is 0.462 e. The monoisotopic (exact) mass is 1030 g/mol. The van der Waals surface area contributed by atoms with Crippen LogP contribution < -0.4 is 0 Å². The fourth-order valence-electron chi connectivity index (χ4n) is 9.00. The summed E-state index contributed by atoms with van der Waals surface area (Å²) in [6.07, 6.45) is 2.19. The van der Waals surface area contributed by atoms with Crippen LogP contribution >= 0.6 is 7.60 Å². The maximum Gasteiger partial charge on any atom is 0.328 e. The van der Waals surface area contributed by atoms with Gasteiger partial charge in [-0.2, -0.15) is 0 Å². The summed E-state index contributed by atoms with van der Waals surface area (Å²) in [5.74, 6) is -0.859. The van der Waals surface area contributed by atoms with Crippen LogP contribution in [0.25, 0.3) is 0 Å². The van der Waals surface area contributed by atoms with Gasteiger partial charge in [0, 0.05) is 12.8 Å². The summed E-state index contributed by atoms with van der Waals surface area (Å²) in [4.78, 5) is 38.4. The first-order valence-electron chi connectivity index (χ1n) is 26.8. The number of rotatable bonds is 35. The Hall–Kier alpha value is -5.01. The number of hydrogen-bond acceptors (Lipinski definition) is 11. The van der Waals surface area contributed by atoms with Crippen molar-refractivity contribution >= 4 is 19.5 Å². The Kier molecular flexibility index (Phi) is 26.1. The SMILES string of the molecule is CCCCCCCC(=O)OCC(CCP(=O)(O)O[C@@H]1[C@@H](OCc2ccccc2)[C@H](OCc2ccccc2)[C@@H](OCc2ccccc2)[C@H](OCc2ccccc2)[C@@H]1OCc1ccccc1)OC(=O)CCCCCCC. The van der Waals surface area contributed by atoms with Gasteiger partial charge in [-0.05, 0) is 47.1 Å². The van der Waals surface area contributed by atoms with Gasteiger partial charge in [-0.3, -0.25) is 18.7 Å². The molecule has 6 rings (SSSR count). The van der Waals surface area contributed by atoms with E-state index in [2.05, 4.69) is 13.8 Å². The van der Waals surface area contributed by atoms with Crippen LogP contribution in [0.1, 0.15) is 125 Å². The molecular weight excluding hydrogens is 956 g/mol. The molecule has 400 valence electrons. The second-order valence-corrected chi connectivity index (χ2v) is 21.1. The van der Waals surface area contributed by atoms with Crippen molar-refractivity contribution in [3.8, 4) is 0 Å². The first-order chi connectivity index (χ1) is 36.2. The standard InChI is InChI=1S/C61H79O12P/c1-3-5-7-9-26-38-54(62)66-47-53(72-55(63)39-27-10-8-6-4-2)40-41-74(64,65)73-61-59(70-45-51-34-22-14-23-35-51)57(68-43-49-30-18-12-19-31-49)56(67-42-48-28-16-11-17-29-48)58(69-44-50-32-20-13-21-33-50)60(61)71-46-52-36-24-15-25-37-52/h11-25,28-37,53,56-61H,3-10,26-27,38-47H2,1-2H3,(H,64,65)/t53?,56-,57-,58+,59-,60-,61-/m0/s1. The van der Waals surface area contributed by atoms with Gasteiger partial charge < -0.3 is 38.1 Å². The summed E-state index contributed by atoms with van der Waals surface area (Å²) < 4.78 is 68.0. The van der Waals surface area contributed by atoms with Crippen LogP contribution in [0.5, 0.6) is 0 Å². The van der Waals surface area contributed by atoms with Crippen molar-refractivity contribution in [2.75, 3.05) is 12.8 Å². The number of carbonyl (C=O) groups is 2. The molecule has 0 heterocycles. The second-order valence-electron chi connectivity index (χ2n) is 19.1. The molecule has 1 fully saturated rings. The van der Waals surface area contributed by atoms with E-state index < -0.39 is 68.4 Å². The Labute approximate surface area is 439 Å². The minimum Gasteiger partial charge on any atom is -0.462 e. The number of carbonyl (C=O) groups excluding carboxylic acids is 2. The zero-order valence-corrected chi connectivity index (χ0v) is 44.4. The van der Waals surface area contributed by atoms with Crippen molar-refractivity contribution < 1.29 is 56.7 Å². The molecule has 2 unspecified atom stereocenters. The van der Waals surface area contributed by atoms with Crippen LogP contribution in [-0.2, 0) is 84.9 Å². The van der Waals surface area contributed by atoms with Gasteiger partial charge in [0.1, 0.15) is 49.3 Å². The van der Waals surface area contributed by atoms with Gasteiger partial charge in [0.25, 0.3) is 0 Å². The Morgan fingerprint density at radius 2 is 0.757 bits per heavy atom. The van der Waals surface area contributed by atoms with Gasteiger partial charge >= 0.3 is 19.5 Å². The third kappa shape index (κ3) is 21.0. The fourth-order valence-corrected chi connectivity index (χ4v) is 10.3. The van der Waals surface area contributed by atoms with Gasteiger partial charge in [-0.15, -0.1) is 0 Å². The molecule has 5 aromatic rings. The zero-order valence-electron chi connectivity index (χ0n) is 43.5. The molecule has 0 saturated heterocycles. The van der Waals surface area contributed by atoms with Crippen LogP contribution in [0, 0.1) is 0 Å². The Morgan fingerprint density at radius 3 is 1.09 bits per heavy atom. The van der Waals surface area contributed by atoms with E-state index in [4.69, 9.17) is 37.7 Å². The van der Waals surface area contributed by atoms with Crippen LogP contribution in [0.3, 0.4) is 0 Å². The van der Waals surface area contributed by atoms with E-state index in [0.717, 1.165) is 79.2 Å². The van der Waals surface area contributed by atoms with E-state index in [1.807, 2.05) is 152 Å². The van der Waals surface area contributed by atoms with Gasteiger partial charge in [0.15, 0.2) is 0 Å². The highest BCUT2D eigenvalue weighted by atomic mass is 31.2. The average Bonchev–Trinajstić information content (AvgIpc) is 3.42. The molecule has 74 heavy (non-hydrogen) atoms. The number of unbranched alkanes of at least 4 members (excludes halogenated alkanes) is 8. The highest BCUT2D eigenvalue weighted by Crippen LogP contribution is 2.49. The van der Waals surface area contributed by atoms with E-state index in [1.165, 1.54) is 0 Å². The quantitative estimate of drug-likeness (QED) is 0.0234. The predicted molar refractivity (Wildman–Crippen MR) is 287 cm³/mol. The predicted octanol–water partition coefficient (Wildman–Crippen LogP) is 13.1. The molecular formula is C61H79O12P. The number of hydrogen-bond donors (Lipinski definition) is 1. The summed E-state index contributed by atoms with van der Waals surface area (Å²) in [5.41, 5.74) is 4.42. The molecule has 0 bridgehead atoms. The smallest absolute Gasteiger partial charge is 0.328 e.